The molecule has 136 valence electrons. The molecule has 0 radical (unpaired) electrons. The summed E-state index contributed by atoms with van der Waals surface area (Å²) in [5.74, 6) is 0.908. The first-order chi connectivity index (χ1) is 11.8. The molecule has 0 spiro atoms. The zero-order valence-corrected chi connectivity index (χ0v) is 15.7. The van der Waals surface area contributed by atoms with Crippen molar-refractivity contribution in [2.75, 3.05) is 39.3 Å². The molecule has 0 unspecified atom stereocenters. The Hall–Kier alpha value is -1.62. The highest BCUT2D eigenvalue weighted by molar-refractivity contribution is 5.79. The van der Waals surface area contributed by atoms with Crippen LogP contribution in [0.3, 0.4) is 0 Å². The van der Waals surface area contributed by atoms with Crippen LogP contribution in [0.5, 0.6) is 0 Å². The predicted octanol–water partition coefficient (Wildman–Crippen LogP) is 2.69. The van der Waals surface area contributed by atoms with Gasteiger partial charge in [0.1, 0.15) is 0 Å². The van der Waals surface area contributed by atoms with Gasteiger partial charge in [-0.1, -0.05) is 19.9 Å². The highest BCUT2D eigenvalue weighted by Gasteiger charge is 2.02. The Bertz CT molecular complexity index is 427. The molecule has 0 aliphatic heterocycles. The van der Waals surface area contributed by atoms with E-state index in [4.69, 9.17) is 0 Å². The van der Waals surface area contributed by atoms with Crippen molar-refractivity contribution in [1.29, 1.82) is 0 Å². The second-order valence-corrected chi connectivity index (χ2v) is 5.95. The highest BCUT2D eigenvalue weighted by Crippen LogP contribution is 1.97. The van der Waals surface area contributed by atoms with E-state index in [9.17, 15) is 0 Å². The van der Waals surface area contributed by atoms with E-state index in [2.05, 4.69) is 52.3 Å². The number of pyridine rings is 1. The van der Waals surface area contributed by atoms with Gasteiger partial charge in [-0.3, -0.25) is 9.98 Å². The minimum absolute atomic E-state index is 0.848. The van der Waals surface area contributed by atoms with Crippen molar-refractivity contribution in [2.45, 2.75) is 46.5 Å². The van der Waals surface area contributed by atoms with Gasteiger partial charge < -0.3 is 15.5 Å². The molecular weight excluding hydrogens is 298 g/mol. The molecular formula is C19H35N5. The summed E-state index contributed by atoms with van der Waals surface area (Å²) in [6, 6.07) is 6.03. The molecule has 0 aliphatic carbocycles. The average molecular weight is 334 g/mol. The lowest BCUT2D eigenvalue weighted by Gasteiger charge is -2.20. The fourth-order valence-electron chi connectivity index (χ4n) is 2.65. The standard InChI is InChI=1S/C19H35N5/c1-4-15-24(16-5-2)17-9-13-22-19(20-6-3)23-14-11-18-10-7-8-12-21-18/h7-8,10,12H,4-6,9,11,13-17H2,1-3H3,(H2,20,22,23). The van der Waals surface area contributed by atoms with E-state index in [1.807, 2.05) is 18.3 Å². The predicted molar refractivity (Wildman–Crippen MR) is 104 cm³/mol. The Morgan fingerprint density at radius 3 is 2.50 bits per heavy atom. The molecule has 24 heavy (non-hydrogen) atoms. The Kier molecular flexibility index (Phi) is 11.7. The lowest BCUT2D eigenvalue weighted by atomic mass is 10.3. The molecule has 2 N–H and O–H groups in total. The molecule has 1 aromatic rings. The van der Waals surface area contributed by atoms with Crippen LogP contribution >= 0.6 is 0 Å². The van der Waals surface area contributed by atoms with Crippen molar-refractivity contribution in [3.8, 4) is 0 Å². The smallest absolute Gasteiger partial charge is 0.191 e. The number of guanidine groups is 1. The minimum atomic E-state index is 0.848. The summed E-state index contributed by atoms with van der Waals surface area (Å²) >= 11 is 0. The number of hydrogen-bond donors (Lipinski definition) is 2. The van der Waals surface area contributed by atoms with E-state index < -0.39 is 0 Å². The van der Waals surface area contributed by atoms with Crippen LogP contribution in [0.1, 0.15) is 45.7 Å². The first-order valence-electron chi connectivity index (χ1n) is 9.44. The normalized spacial score (nSPS) is 11.8. The lowest BCUT2D eigenvalue weighted by molar-refractivity contribution is 0.273. The Labute approximate surface area is 148 Å². The molecule has 0 bridgehead atoms. The Morgan fingerprint density at radius 1 is 1.08 bits per heavy atom. The van der Waals surface area contributed by atoms with E-state index in [0.717, 1.165) is 50.7 Å². The molecule has 0 aromatic carbocycles. The second kappa shape index (κ2) is 13.8. The van der Waals surface area contributed by atoms with E-state index >= 15 is 0 Å². The third-order valence-electron chi connectivity index (χ3n) is 3.73. The third-order valence-corrected chi connectivity index (χ3v) is 3.73. The van der Waals surface area contributed by atoms with Crippen molar-refractivity contribution < 1.29 is 0 Å². The maximum Gasteiger partial charge on any atom is 0.191 e. The van der Waals surface area contributed by atoms with Crippen molar-refractivity contribution in [1.82, 2.24) is 20.5 Å². The monoisotopic (exact) mass is 333 g/mol. The van der Waals surface area contributed by atoms with Gasteiger partial charge >= 0.3 is 0 Å². The van der Waals surface area contributed by atoms with Crippen LogP contribution in [0.2, 0.25) is 0 Å². The van der Waals surface area contributed by atoms with Gasteiger partial charge in [0, 0.05) is 37.9 Å². The van der Waals surface area contributed by atoms with Crippen LogP contribution in [0.4, 0.5) is 0 Å². The molecule has 0 atom stereocenters. The number of rotatable bonds is 12. The topological polar surface area (TPSA) is 52.5 Å². The van der Waals surface area contributed by atoms with Gasteiger partial charge in [-0.2, -0.15) is 0 Å². The number of aliphatic imine (C=N–C) groups is 1. The molecule has 0 saturated carbocycles. The van der Waals surface area contributed by atoms with Gasteiger partial charge in [-0.25, -0.2) is 0 Å². The zero-order chi connectivity index (χ0) is 17.5. The Morgan fingerprint density at radius 2 is 1.88 bits per heavy atom. The lowest BCUT2D eigenvalue weighted by Crippen LogP contribution is -2.38. The average Bonchev–Trinajstić information content (AvgIpc) is 2.60. The van der Waals surface area contributed by atoms with Crippen molar-refractivity contribution in [3.05, 3.63) is 30.1 Å². The first kappa shape index (κ1) is 20.4. The molecule has 5 heteroatoms. The molecule has 0 aliphatic rings. The second-order valence-electron chi connectivity index (χ2n) is 5.95. The Balaban J connectivity index is 2.30. The summed E-state index contributed by atoms with van der Waals surface area (Å²) < 4.78 is 0. The van der Waals surface area contributed by atoms with E-state index in [1.165, 1.54) is 25.9 Å². The van der Waals surface area contributed by atoms with Gasteiger partial charge in [0.05, 0.1) is 0 Å². The molecule has 1 rings (SSSR count). The van der Waals surface area contributed by atoms with Crippen LogP contribution in [0.25, 0.3) is 0 Å². The van der Waals surface area contributed by atoms with E-state index in [0.29, 0.717) is 0 Å². The molecule has 0 amide bonds. The quantitative estimate of drug-likeness (QED) is 0.351. The third kappa shape index (κ3) is 9.50. The number of nitrogens with one attached hydrogen (secondary N) is 2. The summed E-state index contributed by atoms with van der Waals surface area (Å²) in [6.45, 7) is 12.7. The summed E-state index contributed by atoms with van der Waals surface area (Å²) in [4.78, 5) is 11.6. The van der Waals surface area contributed by atoms with Crippen molar-refractivity contribution in [2.24, 2.45) is 4.99 Å². The molecule has 0 saturated heterocycles. The van der Waals surface area contributed by atoms with Gasteiger partial charge in [0.15, 0.2) is 5.96 Å². The minimum Gasteiger partial charge on any atom is -0.357 e. The highest BCUT2D eigenvalue weighted by atomic mass is 15.2. The van der Waals surface area contributed by atoms with Crippen molar-refractivity contribution >= 4 is 5.96 Å². The van der Waals surface area contributed by atoms with Crippen LogP contribution in [0.15, 0.2) is 29.4 Å². The maximum absolute atomic E-state index is 4.68. The van der Waals surface area contributed by atoms with E-state index in [-0.39, 0.29) is 0 Å². The SMILES string of the molecule is CCCN(CCC)CCCN=C(NCC)NCCc1ccccn1. The van der Waals surface area contributed by atoms with Gasteiger partial charge in [-0.15, -0.1) is 0 Å². The van der Waals surface area contributed by atoms with Crippen molar-refractivity contribution in [3.63, 3.8) is 0 Å². The fraction of sp³-hybridized carbons (Fsp3) is 0.684. The zero-order valence-electron chi connectivity index (χ0n) is 15.7. The van der Waals surface area contributed by atoms with Crippen LogP contribution in [-0.2, 0) is 6.42 Å². The number of hydrogen-bond acceptors (Lipinski definition) is 3. The number of aromatic nitrogens is 1. The molecule has 0 fully saturated rings. The molecule has 5 nitrogen and oxygen atoms in total. The fourth-order valence-corrected chi connectivity index (χ4v) is 2.65. The van der Waals surface area contributed by atoms with E-state index in [1.54, 1.807) is 0 Å². The summed E-state index contributed by atoms with van der Waals surface area (Å²) in [5, 5.41) is 6.71. The van der Waals surface area contributed by atoms with Gasteiger partial charge in [-0.05, 0) is 58.0 Å². The summed E-state index contributed by atoms with van der Waals surface area (Å²) in [7, 11) is 0. The van der Waals surface area contributed by atoms with Crippen LogP contribution in [0, 0.1) is 0 Å². The maximum atomic E-state index is 4.68. The molecule has 1 aromatic heterocycles. The van der Waals surface area contributed by atoms with Gasteiger partial charge in [0.25, 0.3) is 0 Å². The number of nitrogens with zero attached hydrogens (tertiary/aromatic N) is 3. The van der Waals surface area contributed by atoms with Gasteiger partial charge in [0.2, 0.25) is 0 Å². The summed E-state index contributed by atoms with van der Waals surface area (Å²) in [6.07, 6.45) is 6.30. The van der Waals surface area contributed by atoms with Crippen LogP contribution < -0.4 is 10.6 Å². The first-order valence-corrected chi connectivity index (χ1v) is 9.44. The summed E-state index contributed by atoms with van der Waals surface area (Å²) in [5.41, 5.74) is 1.11. The van der Waals surface area contributed by atoms with Crippen LogP contribution in [-0.4, -0.2) is 55.1 Å². The largest absolute Gasteiger partial charge is 0.357 e. The molecule has 1 heterocycles.